The SMILES string of the molecule is CN=C(NCc1cccc(OCCN(C)C)c1)NCc1coc(-c2ccccc2)n1.I. The molecule has 0 atom stereocenters. The molecule has 0 fully saturated rings. The fraction of sp³-hybridized carbons (Fsp3) is 0.304. The summed E-state index contributed by atoms with van der Waals surface area (Å²) >= 11 is 0. The lowest BCUT2D eigenvalue weighted by Gasteiger charge is -2.13. The number of oxazole rings is 1. The van der Waals surface area contributed by atoms with Gasteiger partial charge in [-0.3, -0.25) is 4.99 Å². The summed E-state index contributed by atoms with van der Waals surface area (Å²) < 4.78 is 11.4. The zero-order valence-electron chi connectivity index (χ0n) is 18.2. The number of ether oxygens (including phenoxy) is 1. The second kappa shape index (κ2) is 13.0. The molecule has 0 aliphatic carbocycles. The number of guanidine groups is 1. The molecule has 1 aromatic heterocycles. The Balaban J connectivity index is 0.00000341. The number of benzene rings is 2. The van der Waals surface area contributed by atoms with E-state index in [4.69, 9.17) is 9.15 Å². The Hall–Kier alpha value is -2.59. The Morgan fingerprint density at radius 2 is 1.84 bits per heavy atom. The monoisotopic (exact) mass is 535 g/mol. The van der Waals surface area contributed by atoms with Crippen LogP contribution in [0.5, 0.6) is 5.75 Å². The maximum absolute atomic E-state index is 5.80. The number of hydrogen-bond donors (Lipinski definition) is 2. The van der Waals surface area contributed by atoms with Crippen LogP contribution in [0.2, 0.25) is 0 Å². The minimum atomic E-state index is 0. The van der Waals surface area contributed by atoms with Gasteiger partial charge in [0.1, 0.15) is 18.6 Å². The van der Waals surface area contributed by atoms with Crippen molar-refractivity contribution < 1.29 is 9.15 Å². The molecule has 0 aliphatic heterocycles. The molecule has 3 rings (SSSR count). The molecular formula is C23H30IN5O2. The van der Waals surface area contributed by atoms with E-state index >= 15 is 0 Å². The number of nitrogens with one attached hydrogen (secondary N) is 2. The van der Waals surface area contributed by atoms with Gasteiger partial charge < -0.3 is 24.7 Å². The minimum Gasteiger partial charge on any atom is -0.492 e. The number of likely N-dealkylation sites (N-methyl/N-ethyl adjacent to an activating group) is 1. The third kappa shape index (κ3) is 8.22. The average molecular weight is 535 g/mol. The van der Waals surface area contributed by atoms with Crippen molar-refractivity contribution in [3.8, 4) is 17.2 Å². The predicted molar refractivity (Wildman–Crippen MR) is 135 cm³/mol. The molecule has 0 bridgehead atoms. The summed E-state index contributed by atoms with van der Waals surface area (Å²) in [6, 6.07) is 17.9. The van der Waals surface area contributed by atoms with Crippen molar-refractivity contribution in [2.45, 2.75) is 13.1 Å². The fourth-order valence-electron chi connectivity index (χ4n) is 2.77. The number of rotatable bonds is 9. The molecule has 2 N–H and O–H groups in total. The lowest BCUT2D eigenvalue weighted by atomic mass is 10.2. The second-order valence-electron chi connectivity index (χ2n) is 7.09. The van der Waals surface area contributed by atoms with Gasteiger partial charge in [-0.05, 0) is 43.9 Å². The molecule has 7 nitrogen and oxygen atoms in total. The first-order valence-corrected chi connectivity index (χ1v) is 9.95. The van der Waals surface area contributed by atoms with Crippen LogP contribution in [0.25, 0.3) is 11.5 Å². The van der Waals surface area contributed by atoms with Crippen molar-refractivity contribution in [2.75, 3.05) is 34.3 Å². The van der Waals surface area contributed by atoms with Crippen LogP contribution in [-0.4, -0.2) is 50.1 Å². The van der Waals surface area contributed by atoms with Gasteiger partial charge in [-0.15, -0.1) is 24.0 Å². The molecule has 0 saturated carbocycles. The highest BCUT2D eigenvalue weighted by Gasteiger charge is 2.07. The van der Waals surface area contributed by atoms with Crippen molar-refractivity contribution in [2.24, 2.45) is 4.99 Å². The predicted octanol–water partition coefficient (Wildman–Crippen LogP) is 3.77. The van der Waals surface area contributed by atoms with Gasteiger partial charge in [0.05, 0.1) is 12.2 Å². The van der Waals surface area contributed by atoms with Crippen LogP contribution in [0.4, 0.5) is 0 Å². The van der Waals surface area contributed by atoms with Gasteiger partial charge in [-0.1, -0.05) is 30.3 Å². The normalized spacial score (nSPS) is 11.2. The minimum absolute atomic E-state index is 0. The third-order valence-electron chi connectivity index (χ3n) is 4.40. The van der Waals surface area contributed by atoms with Gasteiger partial charge in [0, 0.05) is 25.7 Å². The molecule has 0 radical (unpaired) electrons. The quantitative estimate of drug-likeness (QED) is 0.247. The zero-order chi connectivity index (χ0) is 21.2. The first-order valence-electron chi connectivity index (χ1n) is 9.95. The van der Waals surface area contributed by atoms with E-state index in [1.165, 1.54) is 0 Å². The summed E-state index contributed by atoms with van der Waals surface area (Å²) in [6.45, 7) is 2.70. The summed E-state index contributed by atoms with van der Waals surface area (Å²) in [7, 11) is 5.81. The molecule has 1 heterocycles. The van der Waals surface area contributed by atoms with E-state index in [0.29, 0.717) is 31.5 Å². The van der Waals surface area contributed by atoms with Gasteiger partial charge >= 0.3 is 0 Å². The maximum atomic E-state index is 5.80. The Labute approximate surface area is 200 Å². The Kier molecular flexibility index (Phi) is 10.3. The van der Waals surface area contributed by atoms with E-state index in [1.54, 1.807) is 13.3 Å². The number of nitrogens with zero attached hydrogens (tertiary/aromatic N) is 3. The number of halogens is 1. The molecule has 0 spiro atoms. The summed E-state index contributed by atoms with van der Waals surface area (Å²) in [5.74, 6) is 2.18. The van der Waals surface area contributed by atoms with Crippen molar-refractivity contribution in [1.29, 1.82) is 0 Å². The van der Waals surface area contributed by atoms with E-state index in [0.717, 1.165) is 29.1 Å². The van der Waals surface area contributed by atoms with Gasteiger partial charge in [0.25, 0.3) is 0 Å². The van der Waals surface area contributed by atoms with E-state index < -0.39 is 0 Å². The third-order valence-corrected chi connectivity index (χ3v) is 4.40. The van der Waals surface area contributed by atoms with Crippen molar-refractivity contribution in [1.82, 2.24) is 20.5 Å². The smallest absolute Gasteiger partial charge is 0.226 e. The van der Waals surface area contributed by atoms with Crippen LogP contribution in [0.1, 0.15) is 11.3 Å². The van der Waals surface area contributed by atoms with Crippen LogP contribution < -0.4 is 15.4 Å². The van der Waals surface area contributed by atoms with Gasteiger partial charge in [0.2, 0.25) is 5.89 Å². The Morgan fingerprint density at radius 1 is 1.06 bits per heavy atom. The first kappa shape index (κ1) is 24.7. The molecule has 31 heavy (non-hydrogen) atoms. The zero-order valence-corrected chi connectivity index (χ0v) is 20.5. The van der Waals surface area contributed by atoms with E-state index in [1.807, 2.05) is 62.6 Å². The average Bonchev–Trinajstić information content (AvgIpc) is 3.24. The van der Waals surface area contributed by atoms with Crippen LogP contribution in [0.3, 0.4) is 0 Å². The lowest BCUT2D eigenvalue weighted by Crippen LogP contribution is -2.36. The molecule has 0 amide bonds. The molecule has 166 valence electrons. The maximum Gasteiger partial charge on any atom is 0.226 e. The highest BCUT2D eigenvalue weighted by Crippen LogP contribution is 2.17. The summed E-state index contributed by atoms with van der Waals surface area (Å²) in [5, 5.41) is 6.57. The summed E-state index contributed by atoms with van der Waals surface area (Å²) in [5.41, 5.74) is 2.89. The molecule has 8 heteroatoms. The van der Waals surface area contributed by atoms with Crippen LogP contribution in [0.15, 0.2) is 70.3 Å². The van der Waals surface area contributed by atoms with Crippen molar-refractivity contribution in [3.63, 3.8) is 0 Å². The first-order chi connectivity index (χ1) is 14.6. The molecule has 2 aromatic carbocycles. The number of hydrogen-bond acceptors (Lipinski definition) is 5. The van der Waals surface area contributed by atoms with Crippen molar-refractivity contribution in [3.05, 3.63) is 72.1 Å². The largest absolute Gasteiger partial charge is 0.492 e. The number of aliphatic imine (C=N–C) groups is 1. The van der Waals surface area contributed by atoms with E-state index in [9.17, 15) is 0 Å². The topological polar surface area (TPSA) is 74.9 Å². The molecule has 3 aromatic rings. The standard InChI is InChI=1S/C23H29N5O2.HI/c1-24-23(25-15-18-8-7-11-21(14-18)29-13-12-28(2)3)26-16-20-17-30-22(27-20)19-9-5-4-6-10-19;/h4-11,14,17H,12-13,15-16H2,1-3H3,(H2,24,25,26);1H. The lowest BCUT2D eigenvalue weighted by molar-refractivity contribution is 0.261. The van der Waals surface area contributed by atoms with Gasteiger partial charge in [0.15, 0.2) is 5.96 Å². The highest BCUT2D eigenvalue weighted by atomic mass is 127. The van der Waals surface area contributed by atoms with Crippen LogP contribution in [-0.2, 0) is 13.1 Å². The molecule has 0 unspecified atom stereocenters. The van der Waals surface area contributed by atoms with Crippen molar-refractivity contribution >= 4 is 29.9 Å². The summed E-state index contributed by atoms with van der Waals surface area (Å²) in [6.07, 6.45) is 1.66. The molecule has 0 saturated heterocycles. The summed E-state index contributed by atoms with van der Waals surface area (Å²) in [4.78, 5) is 10.9. The molecule has 0 aliphatic rings. The Morgan fingerprint density at radius 3 is 2.58 bits per heavy atom. The Bertz CT molecular complexity index is 944. The molecular weight excluding hydrogens is 505 g/mol. The number of aromatic nitrogens is 1. The second-order valence-corrected chi connectivity index (χ2v) is 7.09. The highest BCUT2D eigenvalue weighted by molar-refractivity contribution is 14.0. The van der Waals surface area contributed by atoms with E-state index in [2.05, 4.69) is 31.6 Å². The van der Waals surface area contributed by atoms with Gasteiger partial charge in [-0.2, -0.15) is 0 Å². The van der Waals surface area contributed by atoms with Gasteiger partial charge in [-0.25, -0.2) is 4.98 Å². The van der Waals surface area contributed by atoms with Crippen LogP contribution >= 0.6 is 24.0 Å². The van der Waals surface area contributed by atoms with E-state index in [-0.39, 0.29) is 24.0 Å². The fourth-order valence-corrected chi connectivity index (χ4v) is 2.77. The van der Waals surface area contributed by atoms with Crippen LogP contribution in [0, 0.1) is 0 Å².